The molecule has 0 aliphatic rings. The second-order valence-electron chi connectivity index (χ2n) is 3.49. The summed E-state index contributed by atoms with van der Waals surface area (Å²) in [5, 5.41) is 0. The summed E-state index contributed by atoms with van der Waals surface area (Å²) in [6, 6.07) is 10.6. The van der Waals surface area contributed by atoms with Crippen molar-refractivity contribution in [2.45, 2.75) is 13.3 Å². The lowest BCUT2D eigenvalue weighted by Gasteiger charge is -2.02. The SMILES string of the molecule is CCc1ccc(OC(=O)c2ccc(Br)o2)cc1. The molecule has 0 amide bonds. The van der Waals surface area contributed by atoms with Crippen molar-refractivity contribution in [1.29, 1.82) is 0 Å². The minimum absolute atomic E-state index is 0.177. The summed E-state index contributed by atoms with van der Waals surface area (Å²) in [7, 11) is 0. The molecule has 3 nitrogen and oxygen atoms in total. The van der Waals surface area contributed by atoms with Crippen LogP contribution in [0.4, 0.5) is 0 Å². The molecule has 0 aliphatic heterocycles. The van der Waals surface area contributed by atoms with Crippen LogP contribution in [0.1, 0.15) is 23.0 Å². The number of aryl methyl sites for hydroxylation is 1. The molecule has 0 fully saturated rings. The fraction of sp³-hybridized carbons (Fsp3) is 0.154. The number of benzene rings is 1. The average Bonchev–Trinajstić information content (AvgIpc) is 2.77. The topological polar surface area (TPSA) is 39.4 Å². The number of furan rings is 1. The highest BCUT2D eigenvalue weighted by atomic mass is 79.9. The highest BCUT2D eigenvalue weighted by Gasteiger charge is 2.12. The molecule has 88 valence electrons. The van der Waals surface area contributed by atoms with Gasteiger partial charge in [-0.25, -0.2) is 4.79 Å². The molecular weight excluding hydrogens is 284 g/mol. The number of hydrogen-bond acceptors (Lipinski definition) is 3. The Morgan fingerprint density at radius 3 is 2.47 bits per heavy atom. The third-order valence-corrected chi connectivity index (χ3v) is 2.74. The molecule has 0 N–H and O–H groups in total. The van der Waals surface area contributed by atoms with Crippen LogP contribution in [-0.4, -0.2) is 5.97 Å². The minimum Gasteiger partial charge on any atom is -0.442 e. The highest BCUT2D eigenvalue weighted by Crippen LogP contribution is 2.18. The Morgan fingerprint density at radius 1 is 1.24 bits per heavy atom. The molecule has 1 aromatic heterocycles. The molecule has 0 spiro atoms. The maximum Gasteiger partial charge on any atom is 0.379 e. The van der Waals surface area contributed by atoms with Gasteiger partial charge in [0, 0.05) is 0 Å². The molecule has 2 rings (SSSR count). The molecule has 0 saturated heterocycles. The number of rotatable bonds is 3. The van der Waals surface area contributed by atoms with Gasteiger partial charge in [-0.05, 0) is 52.2 Å². The van der Waals surface area contributed by atoms with E-state index in [9.17, 15) is 4.79 Å². The van der Waals surface area contributed by atoms with Gasteiger partial charge in [0.05, 0.1) is 0 Å². The highest BCUT2D eigenvalue weighted by molar-refractivity contribution is 9.10. The van der Waals surface area contributed by atoms with E-state index >= 15 is 0 Å². The zero-order valence-electron chi connectivity index (χ0n) is 9.27. The van der Waals surface area contributed by atoms with Crippen LogP contribution in [0.3, 0.4) is 0 Å². The molecule has 0 aliphatic carbocycles. The number of carbonyl (C=O) groups excluding carboxylic acids is 1. The molecule has 0 saturated carbocycles. The summed E-state index contributed by atoms with van der Waals surface area (Å²) in [4.78, 5) is 11.6. The molecule has 2 aromatic rings. The number of hydrogen-bond donors (Lipinski definition) is 0. The van der Waals surface area contributed by atoms with E-state index in [0.29, 0.717) is 10.4 Å². The number of carbonyl (C=O) groups is 1. The fourth-order valence-corrected chi connectivity index (χ4v) is 1.68. The Kier molecular flexibility index (Phi) is 3.64. The maximum absolute atomic E-state index is 11.6. The van der Waals surface area contributed by atoms with Crippen LogP contribution in [0, 0.1) is 0 Å². The van der Waals surface area contributed by atoms with Crippen LogP contribution in [0.25, 0.3) is 0 Å². The van der Waals surface area contributed by atoms with Crippen LogP contribution >= 0.6 is 15.9 Å². The van der Waals surface area contributed by atoms with Crippen LogP contribution in [0.5, 0.6) is 5.75 Å². The van der Waals surface area contributed by atoms with Gasteiger partial charge in [0.15, 0.2) is 4.67 Å². The summed E-state index contributed by atoms with van der Waals surface area (Å²) >= 11 is 3.13. The minimum atomic E-state index is -0.500. The number of halogens is 1. The summed E-state index contributed by atoms with van der Waals surface area (Å²) in [5.74, 6) is 0.191. The Hall–Kier alpha value is -1.55. The average molecular weight is 295 g/mol. The van der Waals surface area contributed by atoms with Gasteiger partial charge in [-0.1, -0.05) is 19.1 Å². The van der Waals surface area contributed by atoms with E-state index < -0.39 is 5.97 Å². The van der Waals surface area contributed by atoms with Crippen LogP contribution < -0.4 is 4.74 Å². The smallest absolute Gasteiger partial charge is 0.379 e. The summed E-state index contributed by atoms with van der Waals surface area (Å²) in [5.41, 5.74) is 1.20. The molecule has 0 bridgehead atoms. The molecule has 1 heterocycles. The summed E-state index contributed by atoms with van der Waals surface area (Å²) in [6.07, 6.45) is 0.958. The predicted octanol–water partition coefficient (Wildman–Crippen LogP) is 3.82. The largest absolute Gasteiger partial charge is 0.442 e. The lowest BCUT2D eigenvalue weighted by Crippen LogP contribution is -2.07. The maximum atomic E-state index is 11.6. The van der Waals surface area contributed by atoms with Crippen molar-refractivity contribution in [3.63, 3.8) is 0 Å². The van der Waals surface area contributed by atoms with Gasteiger partial charge in [0.25, 0.3) is 0 Å². The van der Waals surface area contributed by atoms with Gasteiger partial charge in [0.1, 0.15) is 5.75 Å². The Morgan fingerprint density at radius 2 is 1.94 bits per heavy atom. The first kappa shape index (κ1) is 11.9. The van der Waals surface area contributed by atoms with Crippen molar-refractivity contribution in [1.82, 2.24) is 0 Å². The Balaban J connectivity index is 2.07. The first-order chi connectivity index (χ1) is 8.19. The zero-order valence-corrected chi connectivity index (χ0v) is 10.9. The quantitative estimate of drug-likeness (QED) is 0.638. The van der Waals surface area contributed by atoms with Crippen molar-refractivity contribution < 1.29 is 13.9 Å². The van der Waals surface area contributed by atoms with Crippen molar-refractivity contribution in [3.8, 4) is 5.75 Å². The van der Waals surface area contributed by atoms with Gasteiger partial charge >= 0.3 is 5.97 Å². The molecule has 0 radical (unpaired) electrons. The molecule has 1 aromatic carbocycles. The first-order valence-corrected chi connectivity index (χ1v) is 6.05. The number of ether oxygens (including phenoxy) is 1. The van der Waals surface area contributed by atoms with E-state index in [4.69, 9.17) is 9.15 Å². The first-order valence-electron chi connectivity index (χ1n) is 5.25. The third kappa shape index (κ3) is 2.97. The van der Waals surface area contributed by atoms with Gasteiger partial charge in [-0.15, -0.1) is 0 Å². The standard InChI is InChI=1S/C13H11BrO3/c1-2-9-3-5-10(6-4-9)16-13(15)11-7-8-12(14)17-11/h3-8H,2H2,1H3. The van der Waals surface area contributed by atoms with Crippen molar-refractivity contribution in [2.75, 3.05) is 0 Å². The van der Waals surface area contributed by atoms with Crippen molar-refractivity contribution in [2.24, 2.45) is 0 Å². The molecule has 0 atom stereocenters. The van der Waals surface area contributed by atoms with Crippen LogP contribution in [-0.2, 0) is 6.42 Å². The second kappa shape index (κ2) is 5.19. The van der Waals surface area contributed by atoms with Crippen LogP contribution in [0.2, 0.25) is 0 Å². The lowest BCUT2D eigenvalue weighted by atomic mass is 10.2. The Labute approximate surface area is 108 Å². The number of esters is 1. The van der Waals surface area contributed by atoms with Crippen LogP contribution in [0.15, 0.2) is 45.5 Å². The summed E-state index contributed by atoms with van der Waals surface area (Å²) < 4.78 is 10.8. The fourth-order valence-electron chi connectivity index (χ4n) is 1.37. The molecule has 17 heavy (non-hydrogen) atoms. The van der Waals surface area contributed by atoms with Gasteiger partial charge in [-0.2, -0.15) is 0 Å². The van der Waals surface area contributed by atoms with E-state index in [1.54, 1.807) is 24.3 Å². The van der Waals surface area contributed by atoms with E-state index in [1.807, 2.05) is 12.1 Å². The van der Waals surface area contributed by atoms with E-state index in [-0.39, 0.29) is 5.76 Å². The van der Waals surface area contributed by atoms with Gasteiger partial charge < -0.3 is 9.15 Å². The summed E-state index contributed by atoms with van der Waals surface area (Å²) in [6.45, 7) is 2.07. The Bertz CT molecular complexity index is 514. The molecule has 4 heteroatoms. The lowest BCUT2D eigenvalue weighted by molar-refractivity contribution is 0.0700. The third-order valence-electron chi connectivity index (χ3n) is 2.32. The normalized spacial score (nSPS) is 10.2. The molecule has 0 unspecified atom stereocenters. The van der Waals surface area contributed by atoms with Crippen molar-refractivity contribution >= 4 is 21.9 Å². The van der Waals surface area contributed by atoms with E-state index in [2.05, 4.69) is 22.9 Å². The predicted molar refractivity (Wildman–Crippen MR) is 67.2 cm³/mol. The van der Waals surface area contributed by atoms with Crippen molar-refractivity contribution in [3.05, 3.63) is 52.4 Å². The zero-order chi connectivity index (χ0) is 12.3. The van der Waals surface area contributed by atoms with E-state index in [0.717, 1.165) is 6.42 Å². The monoisotopic (exact) mass is 294 g/mol. The van der Waals surface area contributed by atoms with Gasteiger partial charge in [-0.3, -0.25) is 0 Å². The second-order valence-corrected chi connectivity index (χ2v) is 4.27. The molecular formula is C13H11BrO3. The van der Waals surface area contributed by atoms with Gasteiger partial charge in [0.2, 0.25) is 5.76 Å². The van der Waals surface area contributed by atoms with E-state index in [1.165, 1.54) is 5.56 Å².